The second-order valence-corrected chi connectivity index (χ2v) is 4.76. The number of rotatable bonds is 3. The zero-order valence-electron chi connectivity index (χ0n) is 11.7. The molecule has 0 aliphatic carbocycles. The third-order valence-electron chi connectivity index (χ3n) is 3.24. The number of aromatic nitrogens is 1. The Hall–Kier alpha value is -1.77. The van der Waals surface area contributed by atoms with Crippen molar-refractivity contribution in [3.05, 3.63) is 30.1 Å². The highest BCUT2D eigenvalue weighted by molar-refractivity contribution is 5.87. The highest BCUT2D eigenvalue weighted by atomic mass is 16.5. The number of nitrogens with zero attached hydrogens (tertiary/aromatic N) is 1. The summed E-state index contributed by atoms with van der Waals surface area (Å²) in [4.78, 5) is 0. The minimum Gasteiger partial charge on any atom is -0.493 e. The molecular weight excluding hydrogens is 226 g/mol. The Kier molecular flexibility index (Phi) is 3.41. The number of aryl methyl sites for hydroxylation is 1. The molecule has 0 atom stereocenters. The van der Waals surface area contributed by atoms with Crippen molar-refractivity contribution in [1.29, 1.82) is 0 Å². The molecule has 1 aromatic heterocycles. The second kappa shape index (κ2) is 4.84. The van der Waals surface area contributed by atoms with Crippen LogP contribution in [0.2, 0.25) is 0 Å². The second-order valence-electron chi connectivity index (χ2n) is 4.76. The van der Waals surface area contributed by atoms with Gasteiger partial charge in [-0.3, -0.25) is 0 Å². The average Bonchev–Trinajstić information content (AvgIpc) is 2.36. The van der Waals surface area contributed by atoms with E-state index in [-0.39, 0.29) is 0 Å². The van der Waals surface area contributed by atoms with E-state index in [1.807, 2.05) is 6.07 Å². The van der Waals surface area contributed by atoms with Gasteiger partial charge in [-0.25, -0.2) is 4.57 Å². The Labute approximate surface area is 108 Å². The number of pyridine rings is 1. The van der Waals surface area contributed by atoms with Crippen molar-refractivity contribution in [1.82, 2.24) is 0 Å². The molecule has 2 aromatic rings. The van der Waals surface area contributed by atoms with Crippen LogP contribution in [-0.2, 0) is 7.05 Å². The van der Waals surface area contributed by atoms with Crippen molar-refractivity contribution in [2.75, 3.05) is 14.2 Å². The first-order chi connectivity index (χ1) is 8.58. The molecule has 0 amide bonds. The van der Waals surface area contributed by atoms with Gasteiger partial charge in [0.1, 0.15) is 7.05 Å². The molecule has 0 fully saturated rings. The first kappa shape index (κ1) is 12.7. The van der Waals surface area contributed by atoms with E-state index in [0.717, 1.165) is 11.5 Å². The van der Waals surface area contributed by atoms with Crippen LogP contribution in [0.5, 0.6) is 11.5 Å². The summed E-state index contributed by atoms with van der Waals surface area (Å²) in [6, 6.07) is 6.19. The lowest BCUT2D eigenvalue weighted by molar-refractivity contribution is -0.678. The summed E-state index contributed by atoms with van der Waals surface area (Å²) in [5.41, 5.74) is 1.30. The van der Waals surface area contributed by atoms with Crippen molar-refractivity contribution >= 4 is 10.8 Å². The van der Waals surface area contributed by atoms with Gasteiger partial charge in [-0.1, -0.05) is 13.8 Å². The van der Waals surface area contributed by atoms with Gasteiger partial charge in [-0.2, -0.15) is 0 Å². The Bertz CT molecular complexity index is 576. The fraction of sp³-hybridized carbons (Fsp3) is 0.400. The van der Waals surface area contributed by atoms with Gasteiger partial charge in [0, 0.05) is 12.0 Å². The largest absolute Gasteiger partial charge is 0.493 e. The molecule has 1 aromatic carbocycles. The normalized spacial score (nSPS) is 11.0. The molecule has 3 nitrogen and oxygen atoms in total. The Morgan fingerprint density at radius 2 is 1.67 bits per heavy atom. The minimum absolute atomic E-state index is 0.455. The lowest BCUT2D eigenvalue weighted by Gasteiger charge is -2.12. The molecule has 18 heavy (non-hydrogen) atoms. The van der Waals surface area contributed by atoms with E-state index in [0.29, 0.717) is 5.92 Å². The van der Waals surface area contributed by atoms with Crippen molar-refractivity contribution in [2.45, 2.75) is 19.8 Å². The van der Waals surface area contributed by atoms with Crippen LogP contribution >= 0.6 is 0 Å². The van der Waals surface area contributed by atoms with E-state index in [4.69, 9.17) is 9.47 Å². The van der Waals surface area contributed by atoms with Gasteiger partial charge in [0.05, 0.1) is 19.6 Å². The van der Waals surface area contributed by atoms with Crippen molar-refractivity contribution in [3.63, 3.8) is 0 Å². The first-order valence-corrected chi connectivity index (χ1v) is 6.12. The topological polar surface area (TPSA) is 22.3 Å². The maximum absolute atomic E-state index is 5.38. The summed E-state index contributed by atoms with van der Waals surface area (Å²) in [6.45, 7) is 4.40. The molecule has 0 spiro atoms. The number of hydrogen-bond donors (Lipinski definition) is 0. The third-order valence-corrected chi connectivity index (χ3v) is 3.24. The lowest BCUT2D eigenvalue weighted by Crippen LogP contribution is -2.33. The van der Waals surface area contributed by atoms with E-state index in [9.17, 15) is 0 Å². The smallest absolute Gasteiger partial charge is 0.191 e. The van der Waals surface area contributed by atoms with Crippen LogP contribution in [-0.4, -0.2) is 14.2 Å². The average molecular weight is 246 g/mol. The van der Waals surface area contributed by atoms with E-state index < -0.39 is 0 Å². The highest BCUT2D eigenvalue weighted by Gasteiger charge is 2.18. The molecule has 0 aliphatic heterocycles. The maximum atomic E-state index is 5.38. The Balaban J connectivity index is 2.80. The molecule has 0 N–H and O–H groups in total. The summed E-state index contributed by atoms with van der Waals surface area (Å²) < 4.78 is 12.9. The van der Waals surface area contributed by atoms with Crippen LogP contribution in [0.3, 0.4) is 0 Å². The molecule has 0 radical (unpaired) electrons. The van der Waals surface area contributed by atoms with Crippen LogP contribution in [0.4, 0.5) is 0 Å². The van der Waals surface area contributed by atoms with Gasteiger partial charge >= 0.3 is 0 Å². The highest BCUT2D eigenvalue weighted by Crippen LogP contribution is 2.34. The van der Waals surface area contributed by atoms with Crippen LogP contribution < -0.4 is 14.0 Å². The molecular formula is C15H20NO2+. The van der Waals surface area contributed by atoms with E-state index in [1.165, 1.54) is 16.5 Å². The van der Waals surface area contributed by atoms with Crippen LogP contribution in [0.15, 0.2) is 24.4 Å². The molecule has 1 heterocycles. The Morgan fingerprint density at radius 1 is 1.06 bits per heavy atom. The number of benzene rings is 1. The quantitative estimate of drug-likeness (QED) is 0.777. The fourth-order valence-corrected chi connectivity index (χ4v) is 2.44. The van der Waals surface area contributed by atoms with Crippen LogP contribution in [0, 0.1) is 0 Å². The molecule has 0 bridgehead atoms. The van der Waals surface area contributed by atoms with Crippen molar-refractivity contribution in [3.8, 4) is 11.5 Å². The van der Waals surface area contributed by atoms with Gasteiger partial charge < -0.3 is 9.47 Å². The number of hydrogen-bond acceptors (Lipinski definition) is 2. The molecule has 0 aliphatic rings. The third kappa shape index (κ3) is 2.01. The molecule has 2 rings (SSSR count). The Morgan fingerprint density at radius 3 is 2.22 bits per heavy atom. The van der Waals surface area contributed by atoms with Crippen molar-refractivity contribution in [2.24, 2.45) is 7.05 Å². The monoisotopic (exact) mass is 246 g/mol. The zero-order chi connectivity index (χ0) is 13.3. The fourth-order valence-electron chi connectivity index (χ4n) is 2.44. The summed E-state index contributed by atoms with van der Waals surface area (Å²) in [5.74, 6) is 2.00. The standard InChI is InChI=1S/C15H20NO2/c1-10(2)15-12-9-14(18-5)13(17-4)8-11(12)6-7-16(15)3/h6-10H,1-5H3/q+1. The minimum atomic E-state index is 0.455. The van der Waals surface area contributed by atoms with Gasteiger partial charge in [-0.15, -0.1) is 0 Å². The molecule has 0 unspecified atom stereocenters. The summed E-state index contributed by atoms with van der Waals surface area (Å²) in [6.07, 6.45) is 2.09. The lowest BCUT2D eigenvalue weighted by atomic mass is 10.0. The summed E-state index contributed by atoms with van der Waals surface area (Å²) in [7, 11) is 5.41. The van der Waals surface area contributed by atoms with Crippen LogP contribution in [0.1, 0.15) is 25.5 Å². The van der Waals surface area contributed by atoms with E-state index in [2.05, 4.69) is 43.8 Å². The molecule has 0 saturated carbocycles. The summed E-state index contributed by atoms with van der Waals surface area (Å²) >= 11 is 0. The van der Waals surface area contributed by atoms with Gasteiger partial charge in [0.2, 0.25) is 0 Å². The number of ether oxygens (including phenoxy) is 2. The summed E-state index contributed by atoms with van der Waals surface area (Å²) in [5, 5.41) is 2.39. The van der Waals surface area contributed by atoms with Gasteiger partial charge in [0.15, 0.2) is 23.4 Å². The van der Waals surface area contributed by atoms with E-state index >= 15 is 0 Å². The maximum Gasteiger partial charge on any atom is 0.191 e. The number of methoxy groups -OCH3 is 2. The predicted molar refractivity (Wildman–Crippen MR) is 72.3 cm³/mol. The SMILES string of the molecule is COc1cc2cc[n+](C)c(C(C)C)c2cc1OC. The predicted octanol–water partition coefficient (Wildman–Crippen LogP) is 2.80. The zero-order valence-corrected chi connectivity index (χ0v) is 11.7. The molecule has 3 heteroatoms. The van der Waals surface area contributed by atoms with Crippen molar-refractivity contribution < 1.29 is 14.0 Å². The van der Waals surface area contributed by atoms with Gasteiger partial charge in [-0.05, 0) is 17.5 Å². The molecule has 96 valence electrons. The number of fused-ring (bicyclic) bond motifs is 1. The van der Waals surface area contributed by atoms with Crippen LogP contribution in [0.25, 0.3) is 10.8 Å². The first-order valence-electron chi connectivity index (χ1n) is 6.12. The van der Waals surface area contributed by atoms with E-state index in [1.54, 1.807) is 14.2 Å². The van der Waals surface area contributed by atoms with Gasteiger partial charge in [0.25, 0.3) is 0 Å². The molecule has 0 saturated heterocycles.